The van der Waals surface area contributed by atoms with E-state index >= 15 is 0 Å². The Bertz CT molecular complexity index is 423. The molecular formula is C13H18BrNO3. The number of hydrogen-bond acceptors (Lipinski definition) is 4. The van der Waals surface area contributed by atoms with Crippen molar-refractivity contribution in [1.82, 2.24) is 0 Å². The molecule has 0 fully saturated rings. The van der Waals surface area contributed by atoms with E-state index in [1.165, 1.54) is 7.11 Å². The van der Waals surface area contributed by atoms with Gasteiger partial charge in [-0.25, -0.2) is 0 Å². The summed E-state index contributed by atoms with van der Waals surface area (Å²) in [6.07, 6.45) is 0. The van der Waals surface area contributed by atoms with Crippen molar-refractivity contribution in [1.29, 1.82) is 0 Å². The largest absolute Gasteiger partial charge is 0.495 e. The van der Waals surface area contributed by atoms with Crippen molar-refractivity contribution < 1.29 is 14.3 Å². The highest BCUT2D eigenvalue weighted by atomic mass is 79.9. The van der Waals surface area contributed by atoms with Crippen molar-refractivity contribution in [3.63, 3.8) is 0 Å². The number of carbonyl (C=O) groups excluding carboxylic acids is 1. The Morgan fingerprint density at radius 2 is 2.00 bits per heavy atom. The first-order valence-electron chi connectivity index (χ1n) is 5.67. The first-order chi connectivity index (χ1) is 8.49. The zero-order valence-corrected chi connectivity index (χ0v) is 12.6. The van der Waals surface area contributed by atoms with Crippen LogP contribution < -0.4 is 10.1 Å². The number of carbonyl (C=O) groups is 1. The van der Waals surface area contributed by atoms with Crippen LogP contribution in [0.4, 0.5) is 5.69 Å². The van der Waals surface area contributed by atoms with Gasteiger partial charge in [0.1, 0.15) is 5.75 Å². The first kappa shape index (κ1) is 14.8. The van der Waals surface area contributed by atoms with Crippen LogP contribution in [-0.2, 0) is 9.53 Å². The van der Waals surface area contributed by atoms with Crippen LogP contribution in [0.5, 0.6) is 5.75 Å². The quantitative estimate of drug-likeness (QED) is 0.848. The zero-order valence-electron chi connectivity index (χ0n) is 11.0. The van der Waals surface area contributed by atoms with Crippen molar-refractivity contribution >= 4 is 27.6 Å². The van der Waals surface area contributed by atoms with Gasteiger partial charge in [0, 0.05) is 10.5 Å². The van der Waals surface area contributed by atoms with Gasteiger partial charge in [-0.1, -0.05) is 15.9 Å². The smallest absolute Gasteiger partial charge is 0.310 e. The van der Waals surface area contributed by atoms with E-state index in [-0.39, 0.29) is 17.9 Å². The molecule has 0 aliphatic carbocycles. The number of ether oxygens (including phenoxy) is 2. The molecule has 0 bridgehead atoms. The average molecular weight is 316 g/mol. The predicted octanol–water partition coefficient (Wildman–Crippen LogP) is 3.07. The first-order valence-corrected chi connectivity index (χ1v) is 6.46. The van der Waals surface area contributed by atoms with Crippen LogP contribution >= 0.6 is 15.9 Å². The molecule has 100 valence electrons. The van der Waals surface area contributed by atoms with Crippen LogP contribution in [0.1, 0.15) is 13.8 Å². The van der Waals surface area contributed by atoms with Gasteiger partial charge in [0.15, 0.2) is 0 Å². The highest BCUT2D eigenvalue weighted by Crippen LogP contribution is 2.29. The Morgan fingerprint density at radius 1 is 1.33 bits per heavy atom. The summed E-state index contributed by atoms with van der Waals surface area (Å²) in [6.45, 7) is 3.76. The Morgan fingerprint density at radius 3 is 2.56 bits per heavy atom. The highest BCUT2D eigenvalue weighted by molar-refractivity contribution is 9.10. The maximum Gasteiger partial charge on any atom is 0.310 e. The molecule has 1 aromatic rings. The molecule has 1 rings (SSSR count). The summed E-state index contributed by atoms with van der Waals surface area (Å²) in [5, 5.41) is 3.26. The van der Waals surface area contributed by atoms with Gasteiger partial charge in [0.05, 0.1) is 25.8 Å². The number of anilines is 1. The minimum Gasteiger partial charge on any atom is -0.495 e. The summed E-state index contributed by atoms with van der Waals surface area (Å²) >= 11 is 3.41. The molecule has 1 aromatic carbocycles. The van der Waals surface area contributed by atoms with Gasteiger partial charge in [-0.3, -0.25) is 4.79 Å². The molecule has 5 heteroatoms. The van der Waals surface area contributed by atoms with Crippen LogP contribution in [0.15, 0.2) is 22.7 Å². The van der Waals surface area contributed by atoms with Crippen molar-refractivity contribution in [2.45, 2.75) is 19.9 Å². The van der Waals surface area contributed by atoms with Crippen LogP contribution in [0.3, 0.4) is 0 Å². The molecule has 0 radical (unpaired) electrons. The Labute approximate surface area is 116 Å². The molecule has 0 spiro atoms. The van der Waals surface area contributed by atoms with Crippen molar-refractivity contribution in [3.8, 4) is 5.75 Å². The second kappa shape index (κ2) is 6.64. The Kier molecular flexibility index (Phi) is 5.47. The maximum atomic E-state index is 11.5. The van der Waals surface area contributed by atoms with E-state index in [4.69, 9.17) is 9.47 Å². The monoisotopic (exact) mass is 315 g/mol. The normalized spacial score (nSPS) is 13.6. The number of hydrogen-bond donors (Lipinski definition) is 1. The van der Waals surface area contributed by atoms with Crippen molar-refractivity contribution in [2.24, 2.45) is 5.92 Å². The van der Waals surface area contributed by atoms with Crippen molar-refractivity contribution in [2.75, 3.05) is 19.5 Å². The van der Waals surface area contributed by atoms with Gasteiger partial charge >= 0.3 is 5.97 Å². The van der Waals surface area contributed by atoms with Gasteiger partial charge in [0.25, 0.3) is 0 Å². The molecule has 18 heavy (non-hydrogen) atoms. The van der Waals surface area contributed by atoms with E-state index < -0.39 is 0 Å². The van der Waals surface area contributed by atoms with E-state index in [1.807, 2.05) is 32.0 Å². The highest BCUT2D eigenvalue weighted by Gasteiger charge is 2.21. The number of rotatable bonds is 5. The molecule has 0 amide bonds. The second-order valence-corrected chi connectivity index (χ2v) is 5.01. The van der Waals surface area contributed by atoms with Crippen LogP contribution in [-0.4, -0.2) is 26.2 Å². The van der Waals surface area contributed by atoms with Crippen LogP contribution in [0, 0.1) is 5.92 Å². The second-order valence-electron chi connectivity index (χ2n) is 4.09. The molecule has 0 saturated heterocycles. The lowest BCUT2D eigenvalue weighted by molar-refractivity contribution is -0.145. The third-order valence-corrected chi connectivity index (χ3v) is 3.36. The molecule has 0 aliphatic heterocycles. The number of halogens is 1. The molecule has 2 unspecified atom stereocenters. The Balaban J connectivity index is 2.83. The summed E-state index contributed by atoms with van der Waals surface area (Å²) in [5.74, 6) is 0.268. The Hall–Kier alpha value is -1.23. The van der Waals surface area contributed by atoms with Crippen molar-refractivity contribution in [3.05, 3.63) is 22.7 Å². The summed E-state index contributed by atoms with van der Waals surface area (Å²) in [5.41, 5.74) is 0.843. The molecule has 0 aromatic heterocycles. The van der Waals surface area contributed by atoms with Gasteiger partial charge in [0.2, 0.25) is 0 Å². The standard InChI is InChI=1S/C13H18BrNO3/c1-8(13(16)18-4)9(2)15-11-7-10(14)5-6-12(11)17-3/h5-9,15H,1-4H3. The zero-order chi connectivity index (χ0) is 13.7. The lowest BCUT2D eigenvalue weighted by atomic mass is 10.0. The fourth-order valence-corrected chi connectivity index (χ4v) is 1.91. The lowest BCUT2D eigenvalue weighted by Crippen LogP contribution is -2.30. The summed E-state index contributed by atoms with van der Waals surface area (Å²) in [7, 11) is 3.01. The third-order valence-electron chi connectivity index (χ3n) is 2.87. The van der Waals surface area contributed by atoms with E-state index in [9.17, 15) is 4.79 Å². The lowest BCUT2D eigenvalue weighted by Gasteiger charge is -2.21. The van der Waals surface area contributed by atoms with Gasteiger partial charge in [-0.05, 0) is 32.0 Å². The summed E-state index contributed by atoms with van der Waals surface area (Å²) in [6, 6.07) is 5.63. The SMILES string of the molecule is COC(=O)C(C)C(C)Nc1cc(Br)ccc1OC. The molecule has 0 heterocycles. The molecule has 4 nitrogen and oxygen atoms in total. The fourth-order valence-electron chi connectivity index (χ4n) is 1.55. The number of methoxy groups -OCH3 is 2. The number of esters is 1. The summed E-state index contributed by atoms with van der Waals surface area (Å²) in [4.78, 5) is 11.5. The van der Waals surface area contributed by atoms with Gasteiger partial charge in [-0.2, -0.15) is 0 Å². The minimum atomic E-state index is -0.237. The van der Waals surface area contributed by atoms with Gasteiger partial charge < -0.3 is 14.8 Å². The number of benzene rings is 1. The minimum absolute atomic E-state index is 0.0550. The third kappa shape index (κ3) is 3.63. The molecular weight excluding hydrogens is 298 g/mol. The van der Waals surface area contributed by atoms with Gasteiger partial charge in [-0.15, -0.1) is 0 Å². The maximum absolute atomic E-state index is 11.5. The number of nitrogens with one attached hydrogen (secondary N) is 1. The predicted molar refractivity (Wildman–Crippen MR) is 75.0 cm³/mol. The molecule has 2 atom stereocenters. The van der Waals surface area contributed by atoms with E-state index in [0.29, 0.717) is 0 Å². The van der Waals surface area contributed by atoms with E-state index in [2.05, 4.69) is 21.2 Å². The fraction of sp³-hybridized carbons (Fsp3) is 0.462. The molecule has 0 aliphatic rings. The van der Waals surface area contributed by atoms with E-state index in [1.54, 1.807) is 7.11 Å². The summed E-state index contributed by atoms with van der Waals surface area (Å²) < 4.78 is 10.9. The topological polar surface area (TPSA) is 47.6 Å². The van der Waals surface area contributed by atoms with Crippen LogP contribution in [0.2, 0.25) is 0 Å². The van der Waals surface area contributed by atoms with E-state index in [0.717, 1.165) is 15.9 Å². The average Bonchev–Trinajstić information content (AvgIpc) is 2.37. The molecule has 0 saturated carbocycles. The van der Waals surface area contributed by atoms with Crippen LogP contribution in [0.25, 0.3) is 0 Å². The molecule has 1 N–H and O–H groups in total.